The highest BCUT2D eigenvalue weighted by Crippen LogP contribution is 2.30. The SMILES string of the molecule is CCCNC(=O)c1cc(Oc2ccc(NC(=O)c3nnn(-c4ccccc4OC(F)(F)F)c3C)cc2)ccn1. The number of benzene rings is 2. The van der Waals surface area contributed by atoms with Crippen LogP contribution in [-0.2, 0) is 0 Å². The highest BCUT2D eigenvalue weighted by atomic mass is 19.4. The summed E-state index contributed by atoms with van der Waals surface area (Å²) in [7, 11) is 0. The predicted octanol–water partition coefficient (Wildman–Crippen LogP) is 5.05. The van der Waals surface area contributed by atoms with Crippen LogP contribution in [0.2, 0.25) is 0 Å². The second kappa shape index (κ2) is 11.6. The van der Waals surface area contributed by atoms with E-state index in [4.69, 9.17) is 4.74 Å². The van der Waals surface area contributed by atoms with Gasteiger partial charge in [0, 0.05) is 24.5 Å². The topological polar surface area (TPSA) is 120 Å². The lowest BCUT2D eigenvalue weighted by Gasteiger charge is -2.13. The molecule has 0 bridgehead atoms. The highest BCUT2D eigenvalue weighted by molar-refractivity contribution is 6.03. The van der Waals surface area contributed by atoms with E-state index < -0.39 is 18.0 Å². The third kappa shape index (κ3) is 6.89. The summed E-state index contributed by atoms with van der Waals surface area (Å²) >= 11 is 0. The predicted molar refractivity (Wildman–Crippen MR) is 134 cm³/mol. The van der Waals surface area contributed by atoms with Crippen LogP contribution in [0.1, 0.15) is 40.0 Å². The number of alkyl halides is 3. The van der Waals surface area contributed by atoms with Crippen LogP contribution in [-0.4, -0.2) is 44.7 Å². The maximum absolute atomic E-state index is 12.8. The Balaban J connectivity index is 1.44. The Labute approximate surface area is 220 Å². The minimum Gasteiger partial charge on any atom is -0.457 e. The molecule has 4 aromatic rings. The van der Waals surface area contributed by atoms with Crippen molar-refractivity contribution in [1.82, 2.24) is 25.3 Å². The molecule has 0 atom stereocenters. The Morgan fingerprint density at radius 3 is 2.46 bits per heavy atom. The molecule has 13 heteroatoms. The van der Waals surface area contributed by atoms with Crippen molar-refractivity contribution in [3.05, 3.63) is 83.9 Å². The molecule has 39 heavy (non-hydrogen) atoms. The molecule has 0 aliphatic heterocycles. The van der Waals surface area contributed by atoms with Gasteiger partial charge in [0.15, 0.2) is 11.4 Å². The average Bonchev–Trinajstić information content (AvgIpc) is 3.29. The number of amides is 2. The average molecular weight is 541 g/mol. The number of pyridine rings is 1. The van der Waals surface area contributed by atoms with Crippen LogP contribution >= 0.6 is 0 Å². The van der Waals surface area contributed by atoms with Crippen molar-refractivity contribution >= 4 is 17.5 Å². The van der Waals surface area contributed by atoms with Crippen LogP contribution in [0.4, 0.5) is 18.9 Å². The number of carbonyl (C=O) groups is 2. The normalized spacial score (nSPS) is 11.1. The number of anilines is 1. The van der Waals surface area contributed by atoms with E-state index in [0.29, 0.717) is 23.7 Å². The Hall–Kier alpha value is -4.94. The van der Waals surface area contributed by atoms with E-state index in [-0.39, 0.29) is 28.7 Å². The summed E-state index contributed by atoms with van der Waals surface area (Å²) < 4.78 is 49.3. The first-order chi connectivity index (χ1) is 18.6. The van der Waals surface area contributed by atoms with Gasteiger partial charge in [-0.15, -0.1) is 18.3 Å². The van der Waals surface area contributed by atoms with E-state index in [9.17, 15) is 22.8 Å². The number of hydrogen-bond donors (Lipinski definition) is 2. The molecular formula is C26H23F3N6O4. The van der Waals surface area contributed by atoms with Crippen molar-refractivity contribution < 1.29 is 32.2 Å². The molecule has 0 aliphatic rings. The number of para-hydroxylation sites is 2. The number of ether oxygens (including phenoxy) is 2. The van der Waals surface area contributed by atoms with Crippen LogP contribution < -0.4 is 20.1 Å². The number of nitrogens with one attached hydrogen (secondary N) is 2. The summed E-state index contributed by atoms with van der Waals surface area (Å²) in [5.74, 6) is -0.543. The molecule has 0 spiro atoms. The highest BCUT2D eigenvalue weighted by Gasteiger charge is 2.33. The van der Waals surface area contributed by atoms with Crippen LogP contribution in [0, 0.1) is 6.92 Å². The standard InChI is InChI=1S/C26H23F3N6O4/c1-3-13-31-24(36)20-15-19(12-14-30-20)38-18-10-8-17(9-11-18)32-25(37)23-16(2)35(34-33-23)21-6-4-5-7-22(21)39-26(27,28)29/h4-12,14-15H,3,13H2,1-2H3,(H,31,36)(H,32,37). The van der Waals surface area contributed by atoms with Gasteiger partial charge in [-0.25, -0.2) is 4.68 Å². The number of aromatic nitrogens is 4. The molecular weight excluding hydrogens is 517 g/mol. The molecule has 0 fully saturated rings. The lowest BCUT2D eigenvalue weighted by atomic mass is 10.2. The molecule has 10 nitrogen and oxygen atoms in total. The Morgan fingerprint density at radius 2 is 1.74 bits per heavy atom. The van der Waals surface area contributed by atoms with E-state index in [0.717, 1.165) is 17.2 Å². The summed E-state index contributed by atoms with van der Waals surface area (Å²) in [4.78, 5) is 29.0. The number of carbonyl (C=O) groups excluding carboxylic acids is 2. The molecule has 202 valence electrons. The van der Waals surface area contributed by atoms with E-state index in [2.05, 4.69) is 30.7 Å². The molecule has 0 aliphatic carbocycles. The monoisotopic (exact) mass is 540 g/mol. The zero-order valence-electron chi connectivity index (χ0n) is 20.8. The van der Waals surface area contributed by atoms with Crippen LogP contribution in [0.15, 0.2) is 66.9 Å². The van der Waals surface area contributed by atoms with Gasteiger partial charge in [0.2, 0.25) is 0 Å². The van der Waals surface area contributed by atoms with Crippen molar-refractivity contribution in [2.75, 3.05) is 11.9 Å². The van der Waals surface area contributed by atoms with Gasteiger partial charge in [0.05, 0.1) is 5.69 Å². The Morgan fingerprint density at radius 1 is 1.00 bits per heavy atom. The fraction of sp³-hybridized carbons (Fsp3) is 0.192. The summed E-state index contributed by atoms with van der Waals surface area (Å²) in [6.07, 6.45) is -2.63. The first-order valence-corrected chi connectivity index (χ1v) is 11.8. The number of halogens is 3. The second-order valence-electron chi connectivity index (χ2n) is 8.16. The fourth-order valence-corrected chi connectivity index (χ4v) is 3.47. The van der Waals surface area contributed by atoms with Crippen LogP contribution in [0.5, 0.6) is 17.2 Å². The van der Waals surface area contributed by atoms with Gasteiger partial charge < -0.3 is 20.1 Å². The smallest absolute Gasteiger partial charge is 0.457 e. The van der Waals surface area contributed by atoms with Gasteiger partial charge in [-0.1, -0.05) is 24.3 Å². The number of rotatable bonds is 9. The lowest BCUT2D eigenvalue weighted by molar-refractivity contribution is -0.274. The van der Waals surface area contributed by atoms with Gasteiger partial charge >= 0.3 is 6.36 Å². The molecule has 2 N–H and O–H groups in total. The lowest BCUT2D eigenvalue weighted by Crippen LogP contribution is -2.24. The van der Waals surface area contributed by atoms with Crippen molar-refractivity contribution in [2.24, 2.45) is 0 Å². The molecule has 2 heterocycles. The van der Waals surface area contributed by atoms with Gasteiger partial charge in [-0.3, -0.25) is 14.6 Å². The van der Waals surface area contributed by atoms with Gasteiger partial charge in [0.1, 0.15) is 22.9 Å². The minimum absolute atomic E-state index is 0.0255. The quantitative estimate of drug-likeness (QED) is 0.305. The molecule has 0 unspecified atom stereocenters. The Bertz CT molecular complexity index is 1470. The minimum atomic E-state index is -4.90. The zero-order chi connectivity index (χ0) is 28.0. The first-order valence-electron chi connectivity index (χ1n) is 11.8. The van der Waals surface area contributed by atoms with Crippen LogP contribution in [0.3, 0.4) is 0 Å². The van der Waals surface area contributed by atoms with E-state index >= 15 is 0 Å². The fourth-order valence-electron chi connectivity index (χ4n) is 3.47. The van der Waals surface area contributed by atoms with E-state index in [1.807, 2.05) is 6.92 Å². The molecule has 0 saturated carbocycles. The number of hydrogen-bond acceptors (Lipinski definition) is 7. The first kappa shape index (κ1) is 27.1. The van der Waals surface area contributed by atoms with E-state index in [1.54, 1.807) is 30.3 Å². The summed E-state index contributed by atoms with van der Waals surface area (Å²) in [6, 6.07) is 14.9. The summed E-state index contributed by atoms with van der Waals surface area (Å²) in [5.41, 5.74) is 0.741. The second-order valence-corrected chi connectivity index (χ2v) is 8.16. The summed E-state index contributed by atoms with van der Waals surface area (Å²) in [6.45, 7) is 3.98. The molecule has 0 saturated heterocycles. The summed E-state index contributed by atoms with van der Waals surface area (Å²) in [5, 5.41) is 13.1. The largest absolute Gasteiger partial charge is 0.573 e. The number of nitrogens with zero attached hydrogens (tertiary/aromatic N) is 4. The van der Waals surface area contributed by atoms with Gasteiger partial charge in [-0.2, -0.15) is 0 Å². The Kier molecular flexibility index (Phi) is 8.08. The van der Waals surface area contributed by atoms with Crippen molar-refractivity contribution in [3.63, 3.8) is 0 Å². The molecule has 4 rings (SSSR count). The van der Waals surface area contributed by atoms with Gasteiger partial charge in [0.25, 0.3) is 11.8 Å². The molecule has 2 aromatic carbocycles. The third-order valence-electron chi connectivity index (χ3n) is 5.28. The van der Waals surface area contributed by atoms with Crippen molar-refractivity contribution in [2.45, 2.75) is 26.6 Å². The molecule has 2 amide bonds. The third-order valence-corrected chi connectivity index (χ3v) is 5.28. The zero-order valence-corrected chi connectivity index (χ0v) is 20.8. The van der Waals surface area contributed by atoms with E-state index in [1.165, 1.54) is 37.4 Å². The molecule has 2 aromatic heterocycles. The van der Waals surface area contributed by atoms with Crippen LogP contribution in [0.25, 0.3) is 5.69 Å². The molecule has 0 radical (unpaired) electrons. The maximum Gasteiger partial charge on any atom is 0.573 e. The maximum atomic E-state index is 12.8. The van der Waals surface area contributed by atoms with Gasteiger partial charge in [-0.05, 0) is 55.8 Å². The van der Waals surface area contributed by atoms with Crippen molar-refractivity contribution in [3.8, 4) is 22.9 Å². The van der Waals surface area contributed by atoms with Crippen molar-refractivity contribution in [1.29, 1.82) is 0 Å².